The van der Waals surface area contributed by atoms with E-state index in [9.17, 15) is 4.79 Å². The van der Waals surface area contributed by atoms with Crippen LogP contribution in [0.4, 0.5) is 0 Å². The molecule has 1 unspecified atom stereocenters. The Hall–Kier alpha value is -2.83. The normalized spacial score (nSPS) is 14.8. The highest BCUT2D eigenvalue weighted by molar-refractivity contribution is 7.10. The first-order chi connectivity index (χ1) is 15.3. The van der Waals surface area contributed by atoms with Crippen molar-refractivity contribution < 1.29 is 14.3 Å². The second kappa shape index (κ2) is 11.0. The molecule has 0 radical (unpaired) electrons. The first kappa shape index (κ1) is 21.4. The zero-order valence-corrected chi connectivity index (χ0v) is 18.4. The number of carbonyl (C=O) groups excluding carboxylic acids is 1. The fourth-order valence-corrected chi connectivity index (χ4v) is 4.63. The summed E-state index contributed by atoms with van der Waals surface area (Å²) in [5.41, 5.74) is 1.08. The molecule has 4 rings (SSSR count). The Morgan fingerprint density at radius 3 is 2.35 bits per heavy atom. The van der Waals surface area contributed by atoms with Gasteiger partial charge < -0.3 is 14.8 Å². The third-order valence-electron chi connectivity index (χ3n) is 5.39. The molecule has 3 aromatic rings. The lowest BCUT2D eigenvalue weighted by atomic mass is 10.2. The summed E-state index contributed by atoms with van der Waals surface area (Å²) in [6.45, 7) is 3.17. The van der Waals surface area contributed by atoms with Crippen LogP contribution in [0, 0.1) is 0 Å². The second-order valence-electron chi connectivity index (χ2n) is 7.59. The van der Waals surface area contributed by atoms with Crippen LogP contribution in [0.25, 0.3) is 0 Å². The number of likely N-dealkylation sites (tertiary alicyclic amines) is 1. The van der Waals surface area contributed by atoms with Gasteiger partial charge in [0.1, 0.15) is 6.61 Å². The maximum absolute atomic E-state index is 12.5. The van der Waals surface area contributed by atoms with E-state index in [0.717, 1.165) is 18.7 Å². The van der Waals surface area contributed by atoms with E-state index in [1.165, 1.54) is 17.7 Å². The van der Waals surface area contributed by atoms with Crippen LogP contribution in [0.1, 0.15) is 29.3 Å². The monoisotopic (exact) mass is 436 g/mol. The van der Waals surface area contributed by atoms with Gasteiger partial charge in [0.25, 0.3) is 5.91 Å². The Kier molecular flexibility index (Phi) is 7.58. The van der Waals surface area contributed by atoms with Crippen LogP contribution in [0.2, 0.25) is 0 Å². The molecule has 1 fully saturated rings. The highest BCUT2D eigenvalue weighted by Gasteiger charge is 2.24. The lowest BCUT2D eigenvalue weighted by molar-refractivity contribution is -0.123. The number of nitrogens with zero attached hydrogens (tertiary/aromatic N) is 1. The van der Waals surface area contributed by atoms with Crippen molar-refractivity contribution >= 4 is 17.2 Å². The average molecular weight is 437 g/mol. The topological polar surface area (TPSA) is 50.8 Å². The molecular weight excluding hydrogens is 408 g/mol. The Morgan fingerprint density at radius 2 is 1.65 bits per heavy atom. The summed E-state index contributed by atoms with van der Waals surface area (Å²) in [4.78, 5) is 16.3. The van der Waals surface area contributed by atoms with Crippen molar-refractivity contribution in [1.82, 2.24) is 10.2 Å². The molecule has 1 aromatic heterocycles. The van der Waals surface area contributed by atoms with Gasteiger partial charge in [0.05, 0.1) is 6.04 Å². The number of nitrogens with one attached hydrogen (secondary N) is 1. The van der Waals surface area contributed by atoms with E-state index in [2.05, 4.69) is 27.7 Å². The van der Waals surface area contributed by atoms with E-state index in [0.29, 0.717) is 24.7 Å². The van der Waals surface area contributed by atoms with E-state index in [1.54, 1.807) is 11.3 Å². The molecule has 1 amide bonds. The average Bonchev–Trinajstić information content (AvgIpc) is 3.53. The number of thiophene rings is 1. The molecule has 1 aliphatic rings. The van der Waals surface area contributed by atoms with Gasteiger partial charge in [-0.05, 0) is 55.1 Å². The van der Waals surface area contributed by atoms with Gasteiger partial charge in [0.15, 0.2) is 18.1 Å². The van der Waals surface area contributed by atoms with Crippen LogP contribution in [-0.2, 0) is 11.4 Å². The molecule has 1 N–H and O–H groups in total. The van der Waals surface area contributed by atoms with Gasteiger partial charge in [-0.2, -0.15) is 0 Å². The van der Waals surface area contributed by atoms with Gasteiger partial charge in [-0.1, -0.05) is 48.5 Å². The lowest BCUT2D eigenvalue weighted by Crippen LogP contribution is -2.38. The fourth-order valence-electron chi connectivity index (χ4n) is 3.77. The highest BCUT2D eigenvalue weighted by Crippen LogP contribution is 2.29. The number of amides is 1. The van der Waals surface area contributed by atoms with E-state index in [4.69, 9.17) is 9.47 Å². The van der Waals surface area contributed by atoms with Gasteiger partial charge in [0.2, 0.25) is 0 Å². The molecule has 0 aliphatic carbocycles. The molecule has 1 atom stereocenters. The molecule has 2 aromatic carbocycles. The van der Waals surface area contributed by atoms with Crippen molar-refractivity contribution in [2.75, 3.05) is 26.2 Å². The molecule has 31 heavy (non-hydrogen) atoms. The predicted molar refractivity (Wildman–Crippen MR) is 124 cm³/mol. The fraction of sp³-hybridized carbons (Fsp3) is 0.320. The number of rotatable bonds is 10. The Morgan fingerprint density at radius 1 is 0.935 bits per heavy atom. The van der Waals surface area contributed by atoms with Crippen molar-refractivity contribution in [1.29, 1.82) is 0 Å². The van der Waals surface area contributed by atoms with Crippen LogP contribution >= 0.6 is 11.3 Å². The smallest absolute Gasteiger partial charge is 0.258 e. The minimum absolute atomic E-state index is 0.0388. The molecule has 6 heteroatoms. The van der Waals surface area contributed by atoms with Crippen LogP contribution < -0.4 is 14.8 Å². The van der Waals surface area contributed by atoms with Crippen molar-refractivity contribution in [3.05, 3.63) is 82.6 Å². The maximum atomic E-state index is 12.5. The summed E-state index contributed by atoms with van der Waals surface area (Å²) in [6.07, 6.45) is 2.44. The number of carbonyl (C=O) groups is 1. The van der Waals surface area contributed by atoms with Crippen molar-refractivity contribution in [3.8, 4) is 11.5 Å². The van der Waals surface area contributed by atoms with Gasteiger partial charge in [0, 0.05) is 11.4 Å². The number of para-hydroxylation sites is 2. The third-order valence-corrected chi connectivity index (χ3v) is 6.36. The van der Waals surface area contributed by atoms with Crippen LogP contribution in [-0.4, -0.2) is 37.0 Å². The predicted octanol–water partition coefficient (Wildman–Crippen LogP) is 4.66. The third kappa shape index (κ3) is 6.09. The molecule has 5 nitrogen and oxygen atoms in total. The molecule has 0 bridgehead atoms. The van der Waals surface area contributed by atoms with Crippen LogP contribution in [0.5, 0.6) is 11.5 Å². The van der Waals surface area contributed by atoms with E-state index >= 15 is 0 Å². The number of hydrogen-bond acceptors (Lipinski definition) is 5. The molecule has 0 saturated carbocycles. The number of ether oxygens (including phenoxy) is 2. The number of benzene rings is 2. The quantitative estimate of drug-likeness (QED) is 0.502. The zero-order valence-electron chi connectivity index (χ0n) is 17.5. The first-order valence-electron chi connectivity index (χ1n) is 10.7. The summed E-state index contributed by atoms with van der Waals surface area (Å²) in [5.74, 6) is 1.08. The minimum Gasteiger partial charge on any atom is -0.485 e. The van der Waals surface area contributed by atoms with Crippen molar-refractivity contribution in [2.24, 2.45) is 0 Å². The van der Waals surface area contributed by atoms with Gasteiger partial charge >= 0.3 is 0 Å². The minimum atomic E-state index is -0.126. The molecule has 2 heterocycles. The van der Waals surface area contributed by atoms with Gasteiger partial charge in [-0.15, -0.1) is 11.3 Å². The van der Waals surface area contributed by atoms with Crippen molar-refractivity contribution in [3.63, 3.8) is 0 Å². The van der Waals surface area contributed by atoms with Gasteiger partial charge in [-0.3, -0.25) is 9.69 Å². The first-order valence-corrected chi connectivity index (χ1v) is 11.6. The van der Waals surface area contributed by atoms with Crippen molar-refractivity contribution in [2.45, 2.75) is 25.5 Å². The standard InChI is InChI=1S/C25H28N2O3S/c28-25(26-17-21(24-13-8-16-31-24)27-14-6-7-15-27)19-30-23-12-5-4-11-22(23)29-18-20-9-2-1-3-10-20/h1-5,8-13,16,21H,6-7,14-15,17-19H2,(H,26,28). The highest BCUT2D eigenvalue weighted by atomic mass is 32.1. The summed E-state index contributed by atoms with van der Waals surface area (Å²) in [5, 5.41) is 5.15. The zero-order chi connectivity index (χ0) is 21.3. The van der Waals surface area contributed by atoms with Gasteiger partial charge in [-0.25, -0.2) is 0 Å². The molecular formula is C25H28N2O3S. The Labute approximate surface area is 187 Å². The molecule has 1 aliphatic heterocycles. The number of hydrogen-bond donors (Lipinski definition) is 1. The molecule has 162 valence electrons. The largest absolute Gasteiger partial charge is 0.485 e. The van der Waals surface area contributed by atoms with Crippen LogP contribution in [0.15, 0.2) is 72.1 Å². The summed E-state index contributed by atoms with van der Waals surface area (Å²) < 4.78 is 11.7. The summed E-state index contributed by atoms with van der Waals surface area (Å²) in [6, 6.07) is 21.9. The molecule has 1 saturated heterocycles. The SMILES string of the molecule is O=C(COc1ccccc1OCc1ccccc1)NCC(c1cccs1)N1CCCC1. The maximum Gasteiger partial charge on any atom is 0.258 e. The van der Waals surface area contributed by atoms with E-state index in [1.807, 2.05) is 54.6 Å². The lowest BCUT2D eigenvalue weighted by Gasteiger charge is -2.26. The summed E-state index contributed by atoms with van der Waals surface area (Å²) >= 11 is 1.74. The Bertz CT molecular complexity index is 940. The second-order valence-corrected chi connectivity index (χ2v) is 8.57. The Balaban J connectivity index is 1.29. The summed E-state index contributed by atoms with van der Waals surface area (Å²) in [7, 11) is 0. The molecule has 0 spiro atoms. The van der Waals surface area contributed by atoms with Crippen LogP contribution in [0.3, 0.4) is 0 Å². The van der Waals surface area contributed by atoms with E-state index < -0.39 is 0 Å². The van der Waals surface area contributed by atoms with E-state index in [-0.39, 0.29) is 18.6 Å².